The first-order valence-corrected chi connectivity index (χ1v) is 9.26. The third-order valence-electron chi connectivity index (χ3n) is 4.06. The summed E-state index contributed by atoms with van der Waals surface area (Å²) in [6.07, 6.45) is 1.38. The number of hydrogen-bond donors (Lipinski definition) is 1. The van der Waals surface area contributed by atoms with Crippen LogP contribution >= 0.6 is 22.6 Å². The molecule has 0 aliphatic heterocycles. The minimum absolute atomic E-state index is 0.258. The molecule has 1 aromatic heterocycles. The number of phenols is 1. The Balaban J connectivity index is 1.65. The predicted octanol–water partition coefficient (Wildman–Crippen LogP) is 5.46. The molecule has 8 heteroatoms. The van der Waals surface area contributed by atoms with Crippen LogP contribution in [0.5, 0.6) is 5.75 Å². The monoisotopic (exact) mass is 485 g/mol. The third kappa shape index (κ3) is 3.58. The van der Waals surface area contributed by atoms with Crippen LogP contribution in [0.25, 0.3) is 22.6 Å². The van der Waals surface area contributed by atoms with Crippen molar-refractivity contribution in [1.29, 1.82) is 0 Å². The molecule has 4 rings (SSSR count). The molecule has 1 heterocycles. The maximum absolute atomic E-state index is 10.9. The lowest BCUT2D eigenvalue weighted by atomic mass is 10.2. The summed E-state index contributed by atoms with van der Waals surface area (Å²) in [5, 5.41) is 20.9. The number of nitro groups is 1. The van der Waals surface area contributed by atoms with Crippen LogP contribution in [0.4, 0.5) is 11.4 Å². The van der Waals surface area contributed by atoms with E-state index in [1.54, 1.807) is 24.3 Å². The largest absolute Gasteiger partial charge is 0.502 e. The number of oxazole rings is 1. The zero-order chi connectivity index (χ0) is 19.7. The molecule has 0 atom stereocenters. The fourth-order valence-electron chi connectivity index (χ4n) is 2.66. The maximum Gasteiger partial charge on any atom is 0.311 e. The summed E-state index contributed by atoms with van der Waals surface area (Å²) in [6.45, 7) is 0. The Kier molecular flexibility index (Phi) is 4.78. The molecule has 0 radical (unpaired) electrons. The summed E-state index contributed by atoms with van der Waals surface area (Å²) in [4.78, 5) is 19.1. The first kappa shape index (κ1) is 18.1. The second-order valence-electron chi connectivity index (χ2n) is 5.91. The van der Waals surface area contributed by atoms with Gasteiger partial charge in [-0.05, 0) is 71.1 Å². The first-order valence-electron chi connectivity index (χ1n) is 8.18. The first-order chi connectivity index (χ1) is 13.5. The van der Waals surface area contributed by atoms with Crippen molar-refractivity contribution in [1.82, 2.24) is 4.98 Å². The van der Waals surface area contributed by atoms with Crippen LogP contribution < -0.4 is 0 Å². The van der Waals surface area contributed by atoms with Gasteiger partial charge in [0.1, 0.15) is 5.52 Å². The second-order valence-corrected chi connectivity index (χ2v) is 7.15. The highest BCUT2D eigenvalue weighted by molar-refractivity contribution is 14.1. The number of rotatable bonds is 4. The molecule has 0 fully saturated rings. The van der Waals surface area contributed by atoms with Crippen LogP contribution in [0.3, 0.4) is 0 Å². The standard InChI is InChI=1S/C20H12IN3O4/c21-14-6-4-12(5-7-14)20-23-16-10-15(8-9-18(16)28-20)22-11-13-2-1-3-17(19(13)25)24(26)27/h1-11,25H. The summed E-state index contributed by atoms with van der Waals surface area (Å²) in [6, 6.07) is 17.4. The van der Waals surface area contributed by atoms with E-state index in [1.807, 2.05) is 24.3 Å². The number of phenolic OH excluding ortho intramolecular Hbond substituents is 1. The molecule has 0 spiro atoms. The Hall–Kier alpha value is -3.27. The second kappa shape index (κ2) is 7.39. The van der Waals surface area contributed by atoms with E-state index in [2.05, 4.69) is 32.6 Å². The predicted molar refractivity (Wildman–Crippen MR) is 114 cm³/mol. The average molecular weight is 485 g/mol. The van der Waals surface area contributed by atoms with Gasteiger partial charge in [0.15, 0.2) is 5.58 Å². The molecule has 0 aliphatic rings. The van der Waals surface area contributed by atoms with Crippen molar-refractivity contribution >= 4 is 51.3 Å². The van der Waals surface area contributed by atoms with Gasteiger partial charge in [-0.25, -0.2) is 4.98 Å². The number of aromatic hydroxyl groups is 1. The number of aromatic nitrogens is 1. The van der Waals surface area contributed by atoms with Crippen molar-refractivity contribution in [2.24, 2.45) is 4.99 Å². The third-order valence-corrected chi connectivity index (χ3v) is 4.78. The molecule has 4 aromatic rings. The fraction of sp³-hybridized carbons (Fsp3) is 0. The number of aliphatic imine (C=N–C) groups is 1. The lowest BCUT2D eigenvalue weighted by molar-refractivity contribution is -0.385. The number of hydrogen-bond acceptors (Lipinski definition) is 6. The van der Waals surface area contributed by atoms with Crippen LogP contribution in [0.1, 0.15) is 5.56 Å². The molecule has 0 aliphatic carbocycles. The number of benzene rings is 3. The van der Waals surface area contributed by atoms with Gasteiger partial charge in [-0.3, -0.25) is 15.1 Å². The van der Waals surface area contributed by atoms with Crippen LogP contribution in [0, 0.1) is 13.7 Å². The van der Waals surface area contributed by atoms with Crippen molar-refractivity contribution in [2.75, 3.05) is 0 Å². The Labute approximate surface area is 172 Å². The van der Waals surface area contributed by atoms with Gasteiger partial charge in [-0.1, -0.05) is 6.07 Å². The topological polar surface area (TPSA) is 102 Å². The van der Waals surface area contributed by atoms with Gasteiger partial charge >= 0.3 is 5.69 Å². The van der Waals surface area contributed by atoms with Gasteiger partial charge in [-0.15, -0.1) is 0 Å². The van der Waals surface area contributed by atoms with Crippen molar-refractivity contribution in [3.8, 4) is 17.2 Å². The van der Waals surface area contributed by atoms with Gasteiger partial charge in [0.25, 0.3) is 0 Å². The molecule has 0 saturated carbocycles. The normalized spacial score (nSPS) is 11.3. The number of nitrogens with zero attached hydrogens (tertiary/aromatic N) is 3. The molecule has 0 amide bonds. The molecule has 0 unspecified atom stereocenters. The highest BCUT2D eigenvalue weighted by Crippen LogP contribution is 2.30. The fourth-order valence-corrected chi connectivity index (χ4v) is 3.02. The summed E-state index contributed by atoms with van der Waals surface area (Å²) in [5.74, 6) is 0.101. The van der Waals surface area contributed by atoms with Crippen molar-refractivity contribution in [2.45, 2.75) is 0 Å². The zero-order valence-electron chi connectivity index (χ0n) is 14.2. The zero-order valence-corrected chi connectivity index (χ0v) is 16.4. The number of halogens is 1. The van der Waals surface area contributed by atoms with E-state index in [1.165, 1.54) is 18.3 Å². The summed E-state index contributed by atoms with van der Waals surface area (Å²) >= 11 is 2.23. The Bertz CT molecular complexity index is 1220. The average Bonchev–Trinajstić information content (AvgIpc) is 3.11. The summed E-state index contributed by atoms with van der Waals surface area (Å²) < 4.78 is 6.92. The minimum Gasteiger partial charge on any atom is -0.502 e. The van der Waals surface area contributed by atoms with Crippen molar-refractivity contribution in [3.05, 3.63) is 79.9 Å². The molecular weight excluding hydrogens is 473 g/mol. The summed E-state index contributed by atoms with van der Waals surface area (Å²) in [5.41, 5.74) is 2.63. The molecule has 138 valence electrons. The van der Waals surface area contributed by atoms with Gasteiger partial charge < -0.3 is 9.52 Å². The van der Waals surface area contributed by atoms with E-state index < -0.39 is 10.7 Å². The molecule has 7 nitrogen and oxygen atoms in total. The minimum atomic E-state index is -0.639. The van der Waals surface area contributed by atoms with Crippen LogP contribution in [0.15, 0.2) is 70.1 Å². The summed E-state index contributed by atoms with van der Waals surface area (Å²) in [7, 11) is 0. The quantitative estimate of drug-likeness (QED) is 0.179. The van der Waals surface area contributed by atoms with Crippen molar-refractivity contribution < 1.29 is 14.4 Å². The van der Waals surface area contributed by atoms with Gasteiger partial charge in [0.2, 0.25) is 11.6 Å². The van der Waals surface area contributed by atoms with E-state index in [9.17, 15) is 15.2 Å². The number of fused-ring (bicyclic) bond motifs is 1. The smallest absolute Gasteiger partial charge is 0.311 e. The Morgan fingerprint density at radius 3 is 2.68 bits per heavy atom. The van der Waals surface area contributed by atoms with E-state index >= 15 is 0 Å². The molecule has 1 N–H and O–H groups in total. The van der Waals surface area contributed by atoms with E-state index in [-0.39, 0.29) is 11.3 Å². The molecular formula is C20H12IN3O4. The van der Waals surface area contributed by atoms with Crippen LogP contribution in [-0.2, 0) is 0 Å². The van der Waals surface area contributed by atoms with Crippen LogP contribution in [-0.4, -0.2) is 21.2 Å². The lowest BCUT2D eigenvalue weighted by Crippen LogP contribution is -1.91. The molecule has 0 saturated heterocycles. The molecule has 28 heavy (non-hydrogen) atoms. The highest BCUT2D eigenvalue weighted by Gasteiger charge is 2.15. The lowest BCUT2D eigenvalue weighted by Gasteiger charge is -1.99. The Morgan fingerprint density at radius 1 is 1.14 bits per heavy atom. The van der Waals surface area contributed by atoms with E-state index in [0.29, 0.717) is 22.7 Å². The van der Waals surface area contributed by atoms with Crippen LogP contribution in [0.2, 0.25) is 0 Å². The number of para-hydroxylation sites is 1. The van der Waals surface area contributed by atoms with Gasteiger partial charge in [0, 0.05) is 27.0 Å². The van der Waals surface area contributed by atoms with Gasteiger partial charge in [-0.2, -0.15) is 0 Å². The van der Waals surface area contributed by atoms with E-state index in [4.69, 9.17) is 4.42 Å². The maximum atomic E-state index is 10.9. The highest BCUT2D eigenvalue weighted by atomic mass is 127. The Morgan fingerprint density at radius 2 is 1.93 bits per heavy atom. The van der Waals surface area contributed by atoms with Crippen molar-refractivity contribution in [3.63, 3.8) is 0 Å². The number of nitro benzene ring substituents is 1. The molecule has 3 aromatic carbocycles. The molecule has 0 bridgehead atoms. The van der Waals surface area contributed by atoms with E-state index in [0.717, 1.165) is 9.13 Å². The van der Waals surface area contributed by atoms with Gasteiger partial charge in [0.05, 0.1) is 10.6 Å². The SMILES string of the molecule is O=[N+]([O-])c1cccc(C=Nc2ccc3oc(-c4ccc(I)cc4)nc3c2)c1O.